The molecular formula is C16H19BrN2O3. The average molecular weight is 367 g/mol. The lowest BCUT2D eigenvalue weighted by molar-refractivity contribution is -0.149. The van der Waals surface area contributed by atoms with Crippen LogP contribution in [0.2, 0.25) is 0 Å². The number of carboxylic acids is 1. The van der Waals surface area contributed by atoms with Crippen molar-refractivity contribution in [1.82, 2.24) is 4.90 Å². The number of benzene rings is 1. The summed E-state index contributed by atoms with van der Waals surface area (Å²) in [6, 6.07) is 7.41. The number of anilines is 1. The lowest BCUT2D eigenvalue weighted by atomic mass is 9.81. The number of nitrogens with one attached hydrogen (secondary N) is 1. The number of carbonyl (C=O) groups is 2. The molecule has 5 nitrogen and oxygen atoms in total. The normalized spacial score (nSPS) is 27.6. The van der Waals surface area contributed by atoms with E-state index >= 15 is 0 Å². The van der Waals surface area contributed by atoms with Gasteiger partial charge in [-0.15, -0.1) is 0 Å². The summed E-state index contributed by atoms with van der Waals surface area (Å²) < 4.78 is 0.960. The topological polar surface area (TPSA) is 69.6 Å². The van der Waals surface area contributed by atoms with Crippen molar-refractivity contribution in [2.24, 2.45) is 11.3 Å². The van der Waals surface area contributed by atoms with Crippen molar-refractivity contribution in [1.29, 1.82) is 0 Å². The van der Waals surface area contributed by atoms with Crippen molar-refractivity contribution >= 4 is 33.5 Å². The van der Waals surface area contributed by atoms with Crippen molar-refractivity contribution in [2.45, 2.75) is 19.3 Å². The van der Waals surface area contributed by atoms with Crippen LogP contribution in [0.25, 0.3) is 0 Å². The van der Waals surface area contributed by atoms with E-state index in [4.69, 9.17) is 0 Å². The second-order valence-electron chi connectivity index (χ2n) is 6.28. The molecule has 2 fully saturated rings. The molecule has 1 aliphatic carbocycles. The summed E-state index contributed by atoms with van der Waals surface area (Å²) >= 11 is 3.35. The molecule has 1 saturated carbocycles. The Bertz CT molecular complexity index is 590. The van der Waals surface area contributed by atoms with Crippen LogP contribution in [0.15, 0.2) is 28.7 Å². The summed E-state index contributed by atoms with van der Waals surface area (Å²) in [5.74, 6) is -0.612. The Hall–Kier alpha value is -1.40. The zero-order valence-corrected chi connectivity index (χ0v) is 13.8. The van der Waals surface area contributed by atoms with Crippen molar-refractivity contribution in [3.63, 3.8) is 0 Å². The lowest BCUT2D eigenvalue weighted by Crippen LogP contribution is -2.37. The largest absolute Gasteiger partial charge is 0.481 e. The third kappa shape index (κ3) is 2.90. The first-order chi connectivity index (χ1) is 10.5. The van der Waals surface area contributed by atoms with E-state index in [0.717, 1.165) is 29.4 Å². The van der Waals surface area contributed by atoms with Gasteiger partial charge in [-0.1, -0.05) is 22.4 Å². The molecule has 0 aromatic heterocycles. The first kappa shape index (κ1) is 15.5. The van der Waals surface area contributed by atoms with E-state index < -0.39 is 11.4 Å². The van der Waals surface area contributed by atoms with Gasteiger partial charge in [0.1, 0.15) is 0 Å². The van der Waals surface area contributed by atoms with Gasteiger partial charge in [0.2, 0.25) is 5.91 Å². The van der Waals surface area contributed by atoms with Crippen LogP contribution in [-0.2, 0) is 9.59 Å². The fourth-order valence-electron chi connectivity index (χ4n) is 3.80. The standard InChI is InChI=1S/C16H19BrN2O3/c17-12-3-5-13(6-4-12)18-14(20)9-19-8-11-2-1-7-16(11,10-19)15(21)22/h3-6,11H,1-2,7-10H2,(H,18,20)(H,21,22)/t11-,16+/m0/s1. The zero-order chi connectivity index (χ0) is 15.7. The molecule has 1 aliphatic heterocycles. The monoisotopic (exact) mass is 366 g/mol. The van der Waals surface area contributed by atoms with Crippen molar-refractivity contribution in [3.05, 3.63) is 28.7 Å². The van der Waals surface area contributed by atoms with Gasteiger partial charge >= 0.3 is 5.97 Å². The van der Waals surface area contributed by atoms with Crippen LogP contribution >= 0.6 is 15.9 Å². The van der Waals surface area contributed by atoms with Gasteiger partial charge in [-0.05, 0) is 43.0 Å². The predicted molar refractivity (Wildman–Crippen MR) is 86.6 cm³/mol. The van der Waals surface area contributed by atoms with E-state index in [1.807, 2.05) is 29.2 Å². The highest BCUT2D eigenvalue weighted by Crippen LogP contribution is 2.48. The van der Waals surface area contributed by atoms with Crippen molar-refractivity contribution in [2.75, 3.05) is 25.0 Å². The molecule has 3 rings (SSSR count). The third-order valence-electron chi connectivity index (χ3n) is 4.86. The van der Waals surface area contributed by atoms with Crippen LogP contribution in [0.4, 0.5) is 5.69 Å². The number of hydrogen-bond donors (Lipinski definition) is 2. The molecule has 1 saturated heterocycles. The van der Waals surface area contributed by atoms with Crippen LogP contribution in [0.3, 0.4) is 0 Å². The highest BCUT2D eigenvalue weighted by Gasteiger charge is 2.54. The summed E-state index contributed by atoms with van der Waals surface area (Å²) in [6.07, 6.45) is 2.67. The first-order valence-electron chi connectivity index (χ1n) is 7.51. The number of rotatable bonds is 4. The Labute approximate surface area is 137 Å². The summed E-state index contributed by atoms with van der Waals surface area (Å²) in [4.78, 5) is 25.7. The SMILES string of the molecule is O=C(CN1C[C@@H]2CCC[C@@]2(C(=O)O)C1)Nc1ccc(Br)cc1. The summed E-state index contributed by atoms with van der Waals surface area (Å²) in [5, 5.41) is 12.4. The maximum Gasteiger partial charge on any atom is 0.311 e. The van der Waals surface area contributed by atoms with Crippen LogP contribution in [-0.4, -0.2) is 41.5 Å². The van der Waals surface area contributed by atoms with Gasteiger partial charge in [0.15, 0.2) is 0 Å². The molecule has 22 heavy (non-hydrogen) atoms. The van der Waals surface area contributed by atoms with Crippen molar-refractivity contribution in [3.8, 4) is 0 Å². The van der Waals surface area contributed by atoms with Gasteiger partial charge in [0.25, 0.3) is 0 Å². The van der Waals surface area contributed by atoms with Gasteiger partial charge in [-0.2, -0.15) is 0 Å². The molecule has 0 spiro atoms. The molecule has 0 bridgehead atoms. The quantitative estimate of drug-likeness (QED) is 0.858. The Morgan fingerprint density at radius 2 is 2.09 bits per heavy atom. The van der Waals surface area contributed by atoms with Crippen LogP contribution in [0.5, 0.6) is 0 Å². The first-order valence-corrected chi connectivity index (χ1v) is 8.30. The molecule has 1 amide bonds. The van der Waals surface area contributed by atoms with Gasteiger partial charge in [-0.25, -0.2) is 0 Å². The second kappa shape index (κ2) is 6.01. The summed E-state index contributed by atoms with van der Waals surface area (Å²) in [7, 11) is 0. The fraction of sp³-hybridized carbons (Fsp3) is 0.500. The van der Waals surface area contributed by atoms with E-state index in [2.05, 4.69) is 21.2 Å². The predicted octanol–water partition coefficient (Wildman–Crippen LogP) is 2.57. The molecule has 1 heterocycles. The molecule has 6 heteroatoms. The molecule has 118 valence electrons. The van der Waals surface area contributed by atoms with Crippen LogP contribution in [0, 0.1) is 11.3 Å². The maximum atomic E-state index is 12.1. The van der Waals surface area contributed by atoms with Crippen LogP contribution < -0.4 is 5.32 Å². The minimum atomic E-state index is -0.703. The average Bonchev–Trinajstić information content (AvgIpc) is 2.99. The van der Waals surface area contributed by atoms with E-state index in [9.17, 15) is 14.7 Å². The highest BCUT2D eigenvalue weighted by molar-refractivity contribution is 9.10. The molecule has 2 N–H and O–H groups in total. The lowest BCUT2D eigenvalue weighted by Gasteiger charge is -2.23. The number of carbonyl (C=O) groups excluding carboxylic acids is 1. The number of likely N-dealkylation sites (tertiary alicyclic amines) is 1. The number of amides is 1. The summed E-state index contributed by atoms with van der Waals surface area (Å²) in [6.45, 7) is 1.45. The van der Waals surface area contributed by atoms with Gasteiger partial charge in [-0.3, -0.25) is 14.5 Å². The molecular weight excluding hydrogens is 348 g/mol. The number of hydrogen-bond acceptors (Lipinski definition) is 3. The third-order valence-corrected chi connectivity index (χ3v) is 5.39. The number of halogens is 1. The number of fused-ring (bicyclic) bond motifs is 1. The highest BCUT2D eigenvalue weighted by atomic mass is 79.9. The smallest absolute Gasteiger partial charge is 0.311 e. The van der Waals surface area contributed by atoms with E-state index in [1.54, 1.807) is 0 Å². The van der Waals surface area contributed by atoms with E-state index in [-0.39, 0.29) is 18.4 Å². The molecule has 2 aliphatic rings. The van der Waals surface area contributed by atoms with Gasteiger partial charge < -0.3 is 10.4 Å². The minimum absolute atomic E-state index is 0.0946. The Kier molecular flexibility index (Phi) is 4.23. The molecule has 0 unspecified atom stereocenters. The van der Waals surface area contributed by atoms with Crippen molar-refractivity contribution < 1.29 is 14.7 Å². The number of nitrogens with zero attached hydrogens (tertiary/aromatic N) is 1. The molecule has 2 atom stereocenters. The van der Waals surface area contributed by atoms with E-state index in [1.165, 1.54) is 0 Å². The van der Waals surface area contributed by atoms with Crippen LogP contribution in [0.1, 0.15) is 19.3 Å². The Morgan fingerprint density at radius 1 is 1.36 bits per heavy atom. The molecule has 1 aromatic carbocycles. The zero-order valence-electron chi connectivity index (χ0n) is 12.2. The number of carboxylic acid groups (broad SMARTS) is 1. The Balaban J connectivity index is 1.59. The minimum Gasteiger partial charge on any atom is -0.481 e. The Morgan fingerprint density at radius 3 is 2.73 bits per heavy atom. The molecule has 0 radical (unpaired) electrons. The second-order valence-corrected chi connectivity index (χ2v) is 7.19. The van der Waals surface area contributed by atoms with E-state index in [0.29, 0.717) is 13.1 Å². The maximum absolute atomic E-state index is 12.1. The molecule has 1 aromatic rings. The number of aliphatic carboxylic acids is 1. The fourth-order valence-corrected chi connectivity index (χ4v) is 4.06. The van der Waals surface area contributed by atoms with Gasteiger partial charge in [0, 0.05) is 23.2 Å². The van der Waals surface area contributed by atoms with Gasteiger partial charge in [0.05, 0.1) is 12.0 Å². The summed E-state index contributed by atoms with van der Waals surface area (Å²) in [5.41, 5.74) is 0.123.